The fourth-order valence-corrected chi connectivity index (χ4v) is 2.88. The summed E-state index contributed by atoms with van der Waals surface area (Å²) in [6.45, 7) is 1.78. The second kappa shape index (κ2) is 8.55. The summed E-state index contributed by atoms with van der Waals surface area (Å²) in [6, 6.07) is 11.1. The molecule has 8 heteroatoms. The minimum Gasteiger partial charge on any atom is -0.494 e. The average molecular weight is 398 g/mol. The molecule has 0 unspecified atom stereocenters. The molecule has 3 aromatic rings. The van der Waals surface area contributed by atoms with Gasteiger partial charge in [-0.15, -0.1) is 0 Å². The summed E-state index contributed by atoms with van der Waals surface area (Å²) in [4.78, 5) is 28.3. The van der Waals surface area contributed by atoms with Gasteiger partial charge in [-0.05, 0) is 37.3 Å². The Labute approximate surface area is 166 Å². The lowest BCUT2D eigenvalue weighted by Crippen LogP contribution is -2.31. The number of aromatic nitrogens is 1. The molecule has 2 heterocycles. The molecule has 3 rings (SSSR count). The highest BCUT2D eigenvalue weighted by Gasteiger charge is 2.23. The third-order valence-electron chi connectivity index (χ3n) is 4.25. The monoisotopic (exact) mass is 398 g/mol. The van der Waals surface area contributed by atoms with E-state index in [1.165, 1.54) is 31.4 Å². The van der Waals surface area contributed by atoms with Gasteiger partial charge in [0.15, 0.2) is 5.76 Å². The second-order valence-electron chi connectivity index (χ2n) is 6.30. The highest BCUT2D eigenvalue weighted by atomic mass is 19.1. The number of aliphatic carboxylic acids is 1. The van der Waals surface area contributed by atoms with E-state index in [9.17, 15) is 14.0 Å². The number of carbonyl (C=O) groups is 2. The fourth-order valence-electron chi connectivity index (χ4n) is 2.88. The van der Waals surface area contributed by atoms with Gasteiger partial charge in [-0.25, -0.2) is 9.37 Å². The molecular weight excluding hydrogens is 379 g/mol. The summed E-state index contributed by atoms with van der Waals surface area (Å²) in [5, 5.41) is 11.7. The molecule has 2 N–H and O–H groups in total. The highest BCUT2D eigenvalue weighted by molar-refractivity contribution is 5.93. The first kappa shape index (κ1) is 20.1. The summed E-state index contributed by atoms with van der Waals surface area (Å²) in [5.41, 5.74) is 0.425. The number of halogens is 1. The van der Waals surface area contributed by atoms with Crippen molar-refractivity contribution in [3.63, 3.8) is 0 Å². The number of hydrogen-bond acceptors (Lipinski definition) is 5. The van der Waals surface area contributed by atoms with Gasteiger partial charge in [0.1, 0.15) is 28.7 Å². The zero-order valence-corrected chi connectivity index (χ0v) is 15.8. The van der Waals surface area contributed by atoms with Crippen LogP contribution in [0.1, 0.15) is 34.3 Å². The molecule has 150 valence electrons. The van der Waals surface area contributed by atoms with E-state index in [1.807, 2.05) is 0 Å². The van der Waals surface area contributed by atoms with E-state index in [1.54, 1.807) is 31.2 Å². The predicted molar refractivity (Wildman–Crippen MR) is 102 cm³/mol. The van der Waals surface area contributed by atoms with Crippen LogP contribution in [-0.4, -0.2) is 29.1 Å². The summed E-state index contributed by atoms with van der Waals surface area (Å²) in [6.07, 6.45) is -0.479. The van der Waals surface area contributed by atoms with Gasteiger partial charge in [-0.3, -0.25) is 9.59 Å². The maximum atomic E-state index is 14.1. The van der Waals surface area contributed by atoms with Crippen LogP contribution in [-0.2, 0) is 4.79 Å². The van der Waals surface area contributed by atoms with Crippen LogP contribution in [0.5, 0.6) is 5.75 Å². The Morgan fingerprint density at radius 2 is 1.97 bits per heavy atom. The number of carboxylic acid groups (broad SMARTS) is 1. The topological polar surface area (TPSA) is 102 Å². The number of carboxylic acids is 1. The van der Waals surface area contributed by atoms with Gasteiger partial charge in [0.05, 0.1) is 19.6 Å². The SMILES string of the molecule is COc1ccc(C(=O)N[C@@H](CC(=O)O)c2ccccc2F)nc1-c1ccc(C)o1. The van der Waals surface area contributed by atoms with Crippen molar-refractivity contribution in [2.45, 2.75) is 19.4 Å². The fraction of sp³-hybridized carbons (Fsp3) is 0.190. The number of furan rings is 1. The van der Waals surface area contributed by atoms with E-state index in [0.717, 1.165) is 0 Å². The highest BCUT2D eigenvalue weighted by Crippen LogP contribution is 2.30. The van der Waals surface area contributed by atoms with E-state index in [-0.39, 0.29) is 11.3 Å². The van der Waals surface area contributed by atoms with Crippen molar-refractivity contribution in [2.75, 3.05) is 7.11 Å². The van der Waals surface area contributed by atoms with E-state index in [0.29, 0.717) is 23.0 Å². The van der Waals surface area contributed by atoms with Crippen molar-refractivity contribution >= 4 is 11.9 Å². The number of amides is 1. The van der Waals surface area contributed by atoms with Gasteiger partial charge in [0, 0.05) is 5.56 Å². The van der Waals surface area contributed by atoms with Gasteiger partial charge < -0.3 is 19.6 Å². The maximum absolute atomic E-state index is 14.1. The van der Waals surface area contributed by atoms with Gasteiger partial charge in [-0.1, -0.05) is 18.2 Å². The smallest absolute Gasteiger partial charge is 0.305 e. The van der Waals surface area contributed by atoms with Crippen LogP contribution in [0, 0.1) is 12.7 Å². The Balaban J connectivity index is 1.92. The van der Waals surface area contributed by atoms with Crippen LogP contribution in [0.2, 0.25) is 0 Å². The van der Waals surface area contributed by atoms with Crippen LogP contribution >= 0.6 is 0 Å². The lowest BCUT2D eigenvalue weighted by molar-refractivity contribution is -0.137. The third-order valence-corrected chi connectivity index (χ3v) is 4.25. The van der Waals surface area contributed by atoms with Crippen LogP contribution in [0.15, 0.2) is 52.9 Å². The van der Waals surface area contributed by atoms with Crippen molar-refractivity contribution < 1.29 is 28.2 Å². The zero-order chi connectivity index (χ0) is 21.0. The molecule has 0 aliphatic heterocycles. The predicted octanol–water partition coefficient (Wildman–Crippen LogP) is 3.74. The molecule has 29 heavy (non-hydrogen) atoms. The number of benzene rings is 1. The van der Waals surface area contributed by atoms with Gasteiger partial charge in [0.25, 0.3) is 5.91 Å². The van der Waals surface area contributed by atoms with Crippen molar-refractivity contribution in [1.29, 1.82) is 0 Å². The summed E-state index contributed by atoms with van der Waals surface area (Å²) in [7, 11) is 1.47. The van der Waals surface area contributed by atoms with Gasteiger partial charge >= 0.3 is 5.97 Å². The Kier molecular flexibility index (Phi) is 5.92. The number of pyridine rings is 1. The normalized spacial score (nSPS) is 11.7. The van der Waals surface area contributed by atoms with Gasteiger partial charge in [0.2, 0.25) is 0 Å². The molecule has 1 amide bonds. The summed E-state index contributed by atoms with van der Waals surface area (Å²) >= 11 is 0. The molecule has 1 aromatic carbocycles. The van der Waals surface area contributed by atoms with Crippen molar-refractivity contribution in [2.24, 2.45) is 0 Å². The third kappa shape index (κ3) is 4.60. The van der Waals surface area contributed by atoms with Crippen LogP contribution in [0.3, 0.4) is 0 Å². The van der Waals surface area contributed by atoms with E-state index < -0.39 is 30.2 Å². The first-order valence-electron chi connectivity index (χ1n) is 8.78. The standard InChI is InChI=1S/C21H19FN2O5/c1-12-7-9-18(29-12)20-17(28-2)10-8-15(23-20)21(27)24-16(11-19(25)26)13-5-3-4-6-14(13)22/h3-10,16H,11H2,1-2H3,(H,24,27)(H,25,26)/t16-/m0/s1. The molecule has 0 aliphatic carbocycles. The van der Waals surface area contributed by atoms with E-state index >= 15 is 0 Å². The van der Waals surface area contributed by atoms with Crippen LogP contribution < -0.4 is 10.1 Å². The molecule has 2 aromatic heterocycles. The molecule has 1 atom stereocenters. The summed E-state index contributed by atoms with van der Waals surface area (Å²) in [5.74, 6) is -0.926. The first-order chi connectivity index (χ1) is 13.9. The van der Waals surface area contributed by atoms with Crippen molar-refractivity contribution in [3.05, 3.63) is 71.4 Å². The minimum atomic E-state index is -1.17. The second-order valence-corrected chi connectivity index (χ2v) is 6.30. The number of methoxy groups -OCH3 is 1. The van der Waals surface area contributed by atoms with E-state index in [4.69, 9.17) is 14.3 Å². The number of rotatable bonds is 7. The Morgan fingerprint density at radius 3 is 2.59 bits per heavy atom. The number of ether oxygens (including phenoxy) is 1. The zero-order valence-electron chi connectivity index (χ0n) is 15.8. The summed E-state index contributed by atoms with van der Waals surface area (Å²) < 4.78 is 25.0. The lowest BCUT2D eigenvalue weighted by atomic mass is 10.0. The molecular formula is C21H19FN2O5. The molecule has 0 saturated carbocycles. The van der Waals surface area contributed by atoms with Crippen LogP contribution in [0.25, 0.3) is 11.5 Å². The first-order valence-corrected chi connectivity index (χ1v) is 8.78. The Morgan fingerprint density at radius 1 is 1.21 bits per heavy atom. The molecule has 0 radical (unpaired) electrons. The number of aryl methyl sites for hydroxylation is 1. The molecule has 0 saturated heterocycles. The van der Waals surface area contributed by atoms with Crippen molar-refractivity contribution in [1.82, 2.24) is 10.3 Å². The Bertz CT molecular complexity index is 1050. The number of nitrogens with one attached hydrogen (secondary N) is 1. The minimum absolute atomic E-state index is 0.0154. The molecule has 0 spiro atoms. The lowest BCUT2D eigenvalue weighted by Gasteiger charge is -2.18. The molecule has 7 nitrogen and oxygen atoms in total. The molecule has 0 bridgehead atoms. The van der Waals surface area contributed by atoms with Crippen LogP contribution in [0.4, 0.5) is 4.39 Å². The van der Waals surface area contributed by atoms with Gasteiger partial charge in [-0.2, -0.15) is 0 Å². The maximum Gasteiger partial charge on any atom is 0.305 e. The van der Waals surface area contributed by atoms with E-state index in [2.05, 4.69) is 10.3 Å². The quantitative estimate of drug-likeness (QED) is 0.629. The Hall–Kier alpha value is -3.68. The molecule has 0 aliphatic rings. The average Bonchev–Trinajstić information content (AvgIpc) is 3.13. The number of hydrogen-bond donors (Lipinski definition) is 2. The number of carbonyl (C=O) groups excluding carboxylic acids is 1. The molecule has 0 fully saturated rings. The number of nitrogens with zero attached hydrogens (tertiary/aromatic N) is 1. The van der Waals surface area contributed by atoms with Crippen molar-refractivity contribution in [3.8, 4) is 17.2 Å². The largest absolute Gasteiger partial charge is 0.494 e.